The molecule has 0 spiro atoms. The highest BCUT2D eigenvalue weighted by atomic mass is 79.9. The summed E-state index contributed by atoms with van der Waals surface area (Å²) < 4.78 is 27.7. The number of halogens is 2. The zero-order valence-corrected chi connectivity index (χ0v) is 14.6. The zero-order chi connectivity index (χ0) is 14.8. The third kappa shape index (κ3) is 3.59. The predicted octanol–water partition coefficient (Wildman–Crippen LogP) is 3.85. The third-order valence-electron chi connectivity index (χ3n) is 2.65. The molecule has 0 saturated carbocycles. The van der Waals surface area contributed by atoms with Gasteiger partial charge in [-0.1, -0.05) is 28.1 Å². The summed E-state index contributed by atoms with van der Waals surface area (Å²) in [5.74, 6) is 0.301. The van der Waals surface area contributed by atoms with Crippen molar-refractivity contribution in [3.05, 3.63) is 52.1 Å². The number of nitrogens with zero attached hydrogens (tertiary/aromatic N) is 1. The van der Waals surface area contributed by atoms with Crippen LogP contribution in [0.2, 0.25) is 0 Å². The molecule has 0 bridgehead atoms. The van der Waals surface area contributed by atoms with E-state index in [1.807, 2.05) is 0 Å². The number of alkyl halides is 1. The molecule has 1 heterocycles. The number of hydrogen-bond acceptors (Lipinski definition) is 3. The lowest BCUT2D eigenvalue weighted by molar-refractivity contribution is 0.601. The molecule has 0 unspecified atom stereocenters. The summed E-state index contributed by atoms with van der Waals surface area (Å²) in [5.41, 5.74) is 1.74. The molecule has 7 heteroatoms. The minimum atomic E-state index is -3.61. The fourth-order valence-corrected chi connectivity index (χ4v) is 3.15. The van der Waals surface area contributed by atoms with Crippen molar-refractivity contribution < 1.29 is 8.42 Å². The highest BCUT2D eigenvalue weighted by molar-refractivity contribution is 9.10. The number of aromatic nitrogens is 1. The Hall–Kier alpha value is -0.920. The normalized spacial score (nSPS) is 11.3. The van der Waals surface area contributed by atoms with Crippen molar-refractivity contribution in [3.8, 4) is 0 Å². The predicted molar refractivity (Wildman–Crippen MR) is 86.6 cm³/mol. The van der Waals surface area contributed by atoms with Gasteiger partial charge in [0.1, 0.15) is 5.82 Å². The van der Waals surface area contributed by atoms with E-state index < -0.39 is 10.0 Å². The van der Waals surface area contributed by atoms with Crippen LogP contribution in [0.4, 0.5) is 5.82 Å². The molecule has 0 fully saturated rings. The number of hydrogen-bond donors (Lipinski definition) is 1. The van der Waals surface area contributed by atoms with Gasteiger partial charge in [0.25, 0.3) is 10.0 Å². The van der Waals surface area contributed by atoms with Crippen LogP contribution in [0.15, 0.2) is 45.8 Å². The fourth-order valence-electron chi connectivity index (χ4n) is 1.56. The molecule has 0 atom stereocenters. The molecule has 0 saturated heterocycles. The molecule has 1 N–H and O–H groups in total. The summed E-state index contributed by atoms with van der Waals surface area (Å²) >= 11 is 6.65. The van der Waals surface area contributed by atoms with Gasteiger partial charge in [-0.3, -0.25) is 4.72 Å². The van der Waals surface area contributed by atoms with Crippen molar-refractivity contribution in [1.29, 1.82) is 0 Å². The van der Waals surface area contributed by atoms with E-state index in [2.05, 4.69) is 41.6 Å². The van der Waals surface area contributed by atoms with Crippen molar-refractivity contribution in [3.63, 3.8) is 0 Å². The molecule has 0 radical (unpaired) electrons. The molecular formula is C13H12Br2N2O2S. The van der Waals surface area contributed by atoms with Crippen LogP contribution in [0, 0.1) is 6.92 Å². The van der Waals surface area contributed by atoms with E-state index in [0.717, 1.165) is 15.7 Å². The summed E-state index contributed by atoms with van der Waals surface area (Å²) in [6, 6.07) is 10.1. The second-order valence-corrected chi connectivity index (χ2v) is 7.24. The van der Waals surface area contributed by atoms with Crippen LogP contribution in [0.3, 0.4) is 0 Å². The van der Waals surface area contributed by atoms with Crippen molar-refractivity contribution in [1.82, 2.24) is 4.98 Å². The standard InChI is InChI=1S/C13H12Br2N2O2S/c1-9-12(15)6-7-13(16-9)17-20(18,19)11-4-2-10(8-14)3-5-11/h2-7H,8H2,1H3,(H,16,17). The Morgan fingerprint density at radius 3 is 2.35 bits per heavy atom. The van der Waals surface area contributed by atoms with Crippen molar-refractivity contribution in [2.24, 2.45) is 0 Å². The number of anilines is 1. The molecule has 2 aromatic rings. The number of pyridine rings is 1. The summed E-state index contributed by atoms with van der Waals surface area (Å²) in [4.78, 5) is 4.39. The van der Waals surface area contributed by atoms with E-state index >= 15 is 0 Å². The molecular weight excluding hydrogens is 408 g/mol. The van der Waals surface area contributed by atoms with Gasteiger partial charge < -0.3 is 0 Å². The van der Waals surface area contributed by atoms with E-state index in [9.17, 15) is 8.42 Å². The van der Waals surface area contributed by atoms with Gasteiger partial charge >= 0.3 is 0 Å². The second kappa shape index (κ2) is 6.24. The van der Waals surface area contributed by atoms with Gasteiger partial charge in [0.05, 0.1) is 10.6 Å². The van der Waals surface area contributed by atoms with Crippen LogP contribution in [-0.2, 0) is 15.4 Å². The number of aryl methyl sites for hydroxylation is 1. The lowest BCUT2D eigenvalue weighted by Gasteiger charge is -2.09. The zero-order valence-electron chi connectivity index (χ0n) is 10.6. The van der Waals surface area contributed by atoms with Gasteiger partial charge in [-0.25, -0.2) is 13.4 Å². The monoisotopic (exact) mass is 418 g/mol. The molecule has 0 aliphatic heterocycles. The minimum absolute atomic E-state index is 0.213. The van der Waals surface area contributed by atoms with Crippen LogP contribution in [-0.4, -0.2) is 13.4 Å². The highest BCUT2D eigenvalue weighted by Crippen LogP contribution is 2.19. The summed E-state index contributed by atoms with van der Waals surface area (Å²) in [5, 5.41) is 0.689. The molecule has 2 rings (SSSR count). The van der Waals surface area contributed by atoms with Gasteiger partial charge in [-0.05, 0) is 52.7 Å². The largest absolute Gasteiger partial charge is 0.263 e. The first-order valence-electron chi connectivity index (χ1n) is 5.73. The Labute approximate surface area is 134 Å². The molecule has 20 heavy (non-hydrogen) atoms. The fraction of sp³-hybridized carbons (Fsp3) is 0.154. The van der Waals surface area contributed by atoms with Crippen LogP contribution < -0.4 is 4.72 Å². The Balaban J connectivity index is 2.27. The average molecular weight is 420 g/mol. The van der Waals surface area contributed by atoms with E-state index in [0.29, 0.717) is 11.1 Å². The van der Waals surface area contributed by atoms with Crippen molar-refractivity contribution in [2.75, 3.05) is 4.72 Å². The first-order valence-corrected chi connectivity index (χ1v) is 9.13. The summed E-state index contributed by atoms with van der Waals surface area (Å²) in [7, 11) is -3.61. The highest BCUT2D eigenvalue weighted by Gasteiger charge is 2.15. The van der Waals surface area contributed by atoms with Crippen LogP contribution in [0.1, 0.15) is 11.3 Å². The summed E-state index contributed by atoms with van der Waals surface area (Å²) in [6.07, 6.45) is 0. The average Bonchev–Trinajstić information content (AvgIpc) is 2.43. The maximum atomic E-state index is 12.2. The molecule has 0 aliphatic rings. The lowest BCUT2D eigenvalue weighted by Crippen LogP contribution is -2.14. The lowest BCUT2D eigenvalue weighted by atomic mass is 10.2. The third-order valence-corrected chi connectivity index (χ3v) is 5.50. The number of rotatable bonds is 4. The Morgan fingerprint density at radius 1 is 1.15 bits per heavy atom. The van der Waals surface area contributed by atoms with Crippen LogP contribution in [0.25, 0.3) is 0 Å². The molecule has 106 valence electrons. The van der Waals surface area contributed by atoms with E-state index in [4.69, 9.17) is 0 Å². The van der Waals surface area contributed by atoms with Gasteiger partial charge in [0, 0.05) is 9.80 Å². The number of nitrogens with one attached hydrogen (secondary N) is 1. The van der Waals surface area contributed by atoms with Crippen molar-refractivity contribution >= 4 is 47.7 Å². The minimum Gasteiger partial charge on any atom is -0.263 e. The van der Waals surface area contributed by atoms with Gasteiger partial charge in [0.15, 0.2) is 0 Å². The first kappa shape index (κ1) is 15.5. The van der Waals surface area contributed by atoms with Crippen molar-refractivity contribution in [2.45, 2.75) is 17.1 Å². The van der Waals surface area contributed by atoms with Gasteiger partial charge in [-0.2, -0.15) is 0 Å². The Bertz CT molecular complexity index is 716. The second-order valence-electron chi connectivity index (χ2n) is 4.15. The van der Waals surface area contributed by atoms with Crippen LogP contribution >= 0.6 is 31.9 Å². The Morgan fingerprint density at radius 2 is 1.80 bits per heavy atom. The van der Waals surface area contributed by atoms with Gasteiger partial charge in [0.2, 0.25) is 0 Å². The summed E-state index contributed by atoms with van der Waals surface area (Å²) in [6.45, 7) is 1.80. The van der Waals surface area contributed by atoms with E-state index in [1.165, 1.54) is 0 Å². The molecule has 1 aromatic heterocycles. The molecule has 0 aliphatic carbocycles. The van der Waals surface area contributed by atoms with E-state index in [-0.39, 0.29) is 4.90 Å². The molecule has 1 aromatic carbocycles. The maximum absolute atomic E-state index is 12.2. The van der Waals surface area contributed by atoms with E-state index in [1.54, 1.807) is 43.3 Å². The smallest absolute Gasteiger partial charge is 0.263 e. The number of sulfonamides is 1. The van der Waals surface area contributed by atoms with Gasteiger partial charge in [-0.15, -0.1) is 0 Å². The van der Waals surface area contributed by atoms with Crippen LogP contribution in [0.5, 0.6) is 0 Å². The quantitative estimate of drug-likeness (QED) is 0.765. The first-order chi connectivity index (χ1) is 9.42. The molecule has 0 amide bonds. The number of benzene rings is 1. The molecule has 4 nitrogen and oxygen atoms in total. The SMILES string of the molecule is Cc1nc(NS(=O)(=O)c2ccc(CBr)cc2)ccc1Br. The topological polar surface area (TPSA) is 59.1 Å². The Kier molecular flexibility index (Phi) is 4.82. The maximum Gasteiger partial charge on any atom is 0.263 e.